The van der Waals surface area contributed by atoms with Crippen LogP contribution in [0.15, 0.2) is 36.5 Å². The van der Waals surface area contributed by atoms with Crippen LogP contribution in [0, 0.1) is 5.92 Å². The summed E-state index contributed by atoms with van der Waals surface area (Å²) in [5.74, 6) is 1.48. The molecule has 0 amide bonds. The van der Waals surface area contributed by atoms with E-state index in [1.807, 2.05) is 30.1 Å². The van der Waals surface area contributed by atoms with Crippen molar-refractivity contribution >= 4 is 0 Å². The Balaban J connectivity index is 2.08. The standard InChI is InChI=1S/C17H25N3O/c1-4-18-13-14(12-16-9-10-20(2)19-16)11-15-7-5-6-8-17(15)21-3/h5-10,14,18H,4,11-13H2,1-3H3. The van der Waals surface area contributed by atoms with Gasteiger partial charge < -0.3 is 10.1 Å². The van der Waals surface area contributed by atoms with E-state index in [1.54, 1.807) is 7.11 Å². The Morgan fingerprint density at radius 2 is 2.05 bits per heavy atom. The molecule has 1 heterocycles. The maximum Gasteiger partial charge on any atom is 0.122 e. The van der Waals surface area contributed by atoms with Crippen molar-refractivity contribution in [2.75, 3.05) is 20.2 Å². The molecule has 1 unspecified atom stereocenters. The number of ether oxygens (including phenoxy) is 1. The summed E-state index contributed by atoms with van der Waals surface area (Å²) in [5, 5.41) is 7.96. The second kappa shape index (κ2) is 7.84. The second-order valence-electron chi connectivity index (χ2n) is 5.37. The van der Waals surface area contributed by atoms with Crippen LogP contribution in [0.5, 0.6) is 5.75 Å². The summed E-state index contributed by atoms with van der Waals surface area (Å²) >= 11 is 0. The predicted octanol–water partition coefficient (Wildman–Crippen LogP) is 2.44. The minimum Gasteiger partial charge on any atom is -0.496 e. The lowest BCUT2D eigenvalue weighted by atomic mass is 9.94. The molecule has 0 aliphatic rings. The van der Waals surface area contributed by atoms with E-state index in [0.717, 1.165) is 37.4 Å². The minimum absolute atomic E-state index is 0.510. The molecule has 1 aromatic carbocycles. The molecule has 0 radical (unpaired) electrons. The molecule has 0 saturated heterocycles. The number of hydrogen-bond donors (Lipinski definition) is 1. The summed E-state index contributed by atoms with van der Waals surface area (Å²) in [6.45, 7) is 4.12. The maximum atomic E-state index is 5.46. The van der Waals surface area contributed by atoms with Gasteiger partial charge >= 0.3 is 0 Å². The molecule has 114 valence electrons. The monoisotopic (exact) mass is 287 g/mol. The Bertz CT molecular complexity index is 550. The molecule has 0 aliphatic carbocycles. The van der Waals surface area contributed by atoms with Crippen LogP contribution >= 0.6 is 0 Å². The van der Waals surface area contributed by atoms with Gasteiger partial charge in [0.15, 0.2) is 0 Å². The Morgan fingerprint density at radius 1 is 1.24 bits per heavy atom. The molecule has 0 aliphatic heterocycles. The van der Waals surface area contributed by atoms with Gasteiger partial charge in [-0.25, -0.2) is 0 Å². The molecule has 2 aromatic rings. The Labute approximate surface area is 127 Å². The number of aryl methyl sites for hydroxylation is 1. The average Bonchev–Trinajstić information content (AvgIpc) is 2.90. The van der Waals surface area contributed by atoms with Gasteiger partial charge in [0, 0.05) is 13.2 Å². The van der Waals surface area contributed by atoms with Crippen LogP contribution in [0.4, 0.5) is 0 Å². The topological polar surface area (TPSA) is 39.1 Å². The highest BCUT2D eigenvalue weighted by Gasteiger charge is 2.14. The summed E-state index contributed by atoms with van der Waals surface area (Å²) < 4.78 is 7.33. The lowest BCUT2D eigenvalue weighted by Gasteiger charge is -2.18. The van der Waals surface area contributed by atoms with Crippen molar-refractivity contribution in [3.8, 4) is 5.75 Å². The average molecular weight is 287 g/mol. The highest BCUT2D eigenvalue weighted by atomic mass is 16.5. The molecule has 4 heteroatoms. The van der Waals surface area contributed by atoms with Gasteiger partial charge in [0.05, 0.1) is 12.8 Å². The van der Waals surface area contributed by atoms with E-state index in [9.17, 15) is 0 Å². The SMILES string of the molecule is CCNCC(Cc1ccn(C)n1)Cc1ccccc1OC. The number of hydrogen-bond acceptors (Lipinski definition) is 3. The number of nitrogens with zero attached hydrogens (tertiary/aromatic N) is 2. The Hall–Kier alpha value is -1.81. The predicted molar refractivity (Wildman–Crippen MR) is 85.6 cm³/mol. The largest absolute Gasteiger partial charge is 0.496 e. The van der Waals surface area contributed by atoms with Crippen molar-refractivity contribution < 1.29 is 4.74 Å². The van der Waals surface area contributed by atoms with Crippen LogP contribution in [0.3, 0.4) is 0 Å². The fourth-order valence-corrected chi connectivity index (χ4v) is 2.62. The first-order chi connectivity index (χ1) is 10.2. The molecule has 1 N–H and O–H groups in total. The summed E-state index contributed by atoms with van der Waals surface area (Å²) in [4.78, 5) is 0. The number of benzene rings is 1. The zero-order valence-corrected chi connectivity index (χ0v) is 13.2. The van der Waals surface area contributed by atoms with E-state index in [2.05, 4.69) is 35.5 Å². The Kier molecular flexibility index (Phi) is 5.81. The van der Waals surface area contributed by atoms with Crippen molar-refractivity contribution in [2.45, 2.75) is 19.8 Å². The smallest absolute Gasteiger partial charge is 0.122 e. The van der Waals surface area contributed by atoms with E-state index in [-0.39, 0.29) is 0 Å². The first kappa shape index (κ1) is 15.6. The van der Waals surface area contributed by atoms with Crippen LogP contribution in [-0.2, 0) is 19.9 Å². The van der Waals surface area contributed by atoms with Crippen molar-refractivity contribution in [1.82, 2.24) is 15.1 Å². The third-order valence-electron chi connectivity index (χ3n) is 3.65. The zero-order chi connectivity index (χ0) is 15.1. The van der Waals surface area contributed by atoms with Gasteiger partial charge in [0.25, 0.3) is 0 Å². The molecular formula is C17H25N3O. The lowest BCUT2D eigenvalue weighted by molar-refractivity contribution is 0.400. The zero-order valence-electron chi connectivity index (χ0n) is 13.2. The normalized spacial score (nSPS) is 12.3. The van der Waals surface area contributed by atoms with Crippen molar-refractivity contribution in [3.63, 3.8) is 0 Å². The molecule has 1 atom stereocenters. The third-order valence-corrected chi connectivity index (χ3v) is 3.65. The van der Waals surface area contributed by atoms with Gasteiger partial charge in [-0.05, 0) is 49.5 Å². The van der Waals surface area contributed by atoms with Crippen LogP contribution in [-0.4, -0.2) is 30.0 Å². The van der Waals surface area contributed by atoms with E-state index in [4.69, 9.17) is 4.74 Å². The molecule has 0 saturated carbocycles. The molecular weight excluding hydrogens is 262 g/mol. The molecule has 2 rings (SSSR count). The first-order valence-electron chi connectivity index (χ1n) is 7.54. The van der Waals surface area contributed by atoms with Gasteiger partial charge in [-0.3, -0.25) is 4.68 Å². The van der Waals surface area contributed by atoms with Gasteiger partial charge in [-0.2, -0.15) is 5.10 Å². The fourth-order valence-electron chi connectivity index (χ4n) is 2.62. The number of aromatic nitrogens is 2. The molecule has 4 nitrogen and oxygen atoms in total. The maximum absolute atomic E-state index is 5.46. The van der Waals surface area contributed by atoms with Crippen molar-refractivity contribution in [3.05, 3.63) is 47.8 Å². The van der Waals surface area contributed by atoms with E-state index < -0.39 is 0 Å². The van der Waals surface area contributed by atoms with Crippen molar-refractivity contribution in [1.29, 1.82) is 0 Å². The summed E-state index contributed by atoms with van der Waals surface area (Å²) in [6, 6.07) is 10.4. The van der Waals surface area contributed by atoms with E-state index in [1.165, 1.54) is 5.56 Å². The van der Waals surface area contributed by atoms with Crippen molar-refractivity contribution in [2.24, 2.45) is 13.0 Å². The number of nitrogens with one attached hydrogen (secondary N) is 1. The van der Waals surface area contributed by atoms with E-state index in [0.29, 0.717) is 5.92 Å². The molecule has 0 bridgehead atoms. The fraction of sp³-hybridized carbons (Fsp3) is 0.471. The quantitative estimate of drug-likeness (QED) is 0.810. The first-order valence-corrected chi connectivity index (χ1v) is 7.54. The number of rotatable bonds is 8. The molecule has 0 fully saturated rings. The van der Waals surface area contributed by atoms with Gasteiger partial charge in [0.2, 0.25) is 0 Å². The summed E-state index contributed by atoms with van der Waals surface area (Å²) in [5.41, 5.74) is 2.41. The van der Waals surface area contributed by atoms with Crippen LogP contribution in [0.25, 0.3) is 0 Å². The highest BCUT2D eigenvalue weighted by Crippen LogP contribution is 2.22. The number of para-hydroxylation sites is 1. The van der Waals surface area contributed by atoms with E-state index >= 15 is 0 Å². The highest BCUT2D eigenvalue weighted by molar-refractivity contribution is 5.33. The minimum atomic E-state index is 0.510. The molecule has 1 aromatic heterocycles. The Morgan fingerprint density at radius 3 is 2.71 bits per heavy atom. The van der Waals surface area contributed by atoms with Crippen LogP contribution in [0.1, 0.15) is 18.2 Å². The van der Waals surface area contributed by atoms with Gasteiger partial charge in [-0.1, -0.05) is 25.1 Å². The molecule has 0 spiro atoms. The van der Waals surface area contributed by atoms with Gasteiger partial charge in [0.1, 0.15) is 5.75 Å². The van der Waals surface area contributed by atoms with Crippen LogP contribution < -0.4 is 10.1 Å². The third kappa shape index (κ3) is 4.60. The van der Waals surface area contributed by atoms with Crippen LogP contribution in [0.2, 0.25) is 0 Å². The van der Waals surface area contributed by atoms with Gasteiger partial charge in [-0.15, -0.1) is 0 Å². The summed E-state index contributed by atoms with van der Waals surface area (Å²) in [7, 11) is 3.69. The molecule has 21 heavy (non-hydrogen) atoms. The number of methoxy groups -OCH3 is 1. The summed E-state index contributed by atoms with van der Waals surface area (Å²) in [6.07, 6.45) is 3.97. The lowest BCUT2D eigenvalue weighted by Crippen LogP contribution is -2.26. The second-order valence-corrected chi connectivity index (χ2v) is 5.37.